The molecule has 0 aliphatic heterocycles. The van der Waals surface area contributed by atoms with Crippen LogP contribution in [-0.2, 0) is 10.0 Å². The van der Waals surface area contributed by atoms with Gasteiger partial charge >= 0.3 is 0 Å². The van der Waals surface area contributed by atoms with Crippen molar-refractivity contribution in [2.24, 2.45) is 0 Å². The number of sulfonamides is 1. The van der Waals surface area contributed by atoms with Crippen LogP contribution in [0.1, 0.15) is 5.56 Å². The van der Waals surface area contributed by atoms with E-state index in [-0.39, 0.29) is 23.7 Å². The first-order valence-corrected chi connectivity index (χ1v) is 9.32. The van der Waals surface area contributed by atoms with E-state index < -0.39 is 14.9 Å². The molecule has 2 aromatic rings. The van der Waals surface area contributed by atoms with Crippen LogP contribution in [0.2, 0.25) is 0 Å². The van der Waals surface area contributed by atoms with Crippen molar-refractivity contribution in [1.82, 2.24) is 4.72 Å². The molecule has 0 radical (unpaired) electrons. The van der Waals surface area contributed by atoms with Gasteiger partial charge in [0.2, 0.25) is 10.0 Å². The molecule has 0 fully saturated rings. The lowest BCUT2D eigenvalue weighted by Crippen LogP contribution is -2.29. The van der Waals surface area contributed by atoms with Crippen LogP contribution in [0.4, 0.5) is 11.4 Å². The zero-order valence-corrected chi connectivity index (χ0v) is 15.2. The summed E-state index contributed by atoms with van der Waals surface area (Å²) in [6.07, 6.45) is 0. The fourth-order valence-corrected chi connectivity index (χ4v) is 3.40. The lowest BCUT2D eigenvalue weighted by molar-refractivity contribution is -0.384. The maximum atomic E-state index is 12.2. The molecule has 0 saturated heterocycles. The molecule has 0 aromatic heterocycles. The predicted molar refractivity (Wildman–Crippen MR) is 95.7 cm³/mol. The minimum Gasteiger partial charge on any atom is -0.378 e. The molecule has 0 amide bonds. The fourth-order valence-electron chi connectivity index (χ4n) is 2.03. The van der Waals surface area contributed by atoms with Crippen molar-refractivity contribution in [3.8, 4) is 0 Å². The molecule has 2 rings (SSSR count). The van der Waals surface area contributed by atoms with E-state index in [1.54, 1.807) is 37.3 Å². The van der Waals surface area contributed by atoms with Gasteiger partial charge in [0.1, 0.15) is 5.69 Å². The van der Waals surface area contributed by atoms with E-state index in [1.165, 1.54) is 12.1 Å². The second-order valence-electron chi connectivity index (χ2n) is 5.01. The first-order chi connectivity index (χ1) is 11.3. The number of hydrogen-bond donors (Lipinski definition) is 2. The van der Waals surface area contributed by atoms with E-state index in [2.05, 4.69) is 26.0 Å². The number of nitrogens with one attached hydrogen (secondary N) is 2. The molecule has 0 atom stereocenters. The van der Waals surface area contributed by atoms with Crippen molar-refractivity contribution in [3.05, 3.63) is 62.6 Å². The molecule has 2 N–H and O–H groups in total. The number of hydrogen-bond acceptors (Lipinski definition) is 5. The van der Waals surface area contributed by atoms with Crippen molar-refractivity contribution in [2.45, 2.75) is 11.8 Å². The third-order valence-corrected chi connectivity index (χ3v) is 5.62. The maximum absolute atomic E-state index is 12.2. The summed E-state index contributed by atoms with van der Waals surface area (Å²) < 4.78 is 27.7. The Morgan fingerprint density at radius 1 is 1.17 bits per heavy atom. The Balaban J connectivity index is 1.96. The molecule has 0 saturated carbocycles. The molecule has 0 aliphatic carbocycles. The monoisotopic (exact) mass is 413 g/mol. The first kappa shape index (κ1) is 18.4. The maximum Gasteiger partial charge on any atom is 0.292 e. The van der Waals surface area contributed by atoms with Crippen LogP contribution < -0.4 is 10.0 Å². The van der Waals surface area contributed by atoms with E-state index in [1.807, 2.05) is 0 Å². The van der Waals surface area contributed by atoms with Gasteiger partial charge in [-0.05, 0) is 36.8 Å². The van der Waals surface area contributed by atoms with E-state index >= 15 is 0 Å². The van der Waals surface area contributed by atoms with Crippen LogP contribution in [0, 0.1) is 17.0 Å². The summed E-state index contributed by atoms with van der Waals surface area (Å²) in [7, 11) is -3.63. The van der Waals surface area contributed by atoms with Gasteiger partial charge in [0, 0.05) is 23.6 Å². The molecule has 9 heteroatoms. The molecular weight excluding hydrogens is 398 g/mol. The molecule has 128 valence electrons. The smallest absolute Gasteiger partial charge is 0.292 e. The molecule has 0 unspecified atom stereocenters. The number of benzene rings is 2. The predicted octanol–water partition coefficient (Wildman–Crippen LogP) is 3.06. The number of rotatable bonds is 7. The van der Waals surface area contributed by atoms with Gasteiger partial charge in [-0.2, -0.15) is 0 Å². The third-order valence-electron chi connectivity index (χ3n) is 3.27. The zero-order chi connectivity index (χ0) is 17.7. The first-order valence-electron chi connectivity index (χ1n) is 7.04. The molecular formula is C15H16BrN3O4S. The number of aryl methyl sites for hydroxylation is 1. The summed E-state index contributed by atoms with van der Waals surface area (Å²) in [5, 5.41) is 13.8. The highest BCUT2D eigenvalue weighted by atomic mass is 79.9. The minimum absolute atomic E-state index is 0.0520. The Bertz CT molecular complexity index is 856. The second-order valence-corrected chi connectivity index (χ2v) is 7.63. The van der Waals surface area contributed by atoms with Crippen molar-refractivity contribution in [1.29, 1.82) is 0 Å². The average Bonchev–Trinajstić information content (AvgIpc) is 2.54. The van der Waals surface area contributed by atoms with Gasteiger partial charge in [-0.1, -0.05) is 28.1 Å². The standard InChI is InChI=1S/C15H16BrN3O4S/c1-11-10-12(6-7-13(11)16)24(22,23)18-9-8-17-14-4-2-3-5-15(14)19(20)21/h2-7,10,17-18H,8-9H2,1H3. The van der Waals surface area contributed by atoms with Crippen LogP contribution >= 0.6 is 15.9 Å². The normalized spacial score (nSPS) is 11.2. The fraction of sp³-hybridized carbons (Fsp3) is 0.200. The zero-order valence-electron chi connectivity index (χ0n) is 12.8. The van der Waals surface area contributed by atoms with E-state index in [0.29, 0.717) is 5.69 Å². The van der Waals surface area contributed by atoms with Crippen LogP contribution in [-0.4, -0.2) is 26.4 Å². The largest absolute Gasteiger partial charge is 0.378 e. The summed E-state index contributed by atoms with van der Waals surface area (Å²) in [6.45, 7) is 2.13. The summed E-state index contributed by atoms with van der Waals surface area (Å²) in [4.78, 5) is 10.6. The van der Waals surface area contributed by atoms with Gasteiger partial charge in [-0.3, -0.25) is 10.1 Å². The summed E-state index contributed by atoms with van der Waals surface area (Å²) in [6, 6.07) is 11.0. The Hall–Kier alpha value is -1.97. The van der Waals surface area contributed by atoms with Crippen LogP contribution in [0.15, 0.2) is 51.8 Å². The summed E-state index contributed by atoms with van der Waals surface area (Å²) >= 11 is 3.32. The van der Waals surface area contributed by atoms with Crippen molar-refractivity contribution >= 4 is 37.3 Å². The average molecular weight is 414 g/mol. The Morgan fingerprint density at radius 2 is 1.88 bits per heavy atom. The van der Waals surface area contributed by atoms with Crippen LogP contribution in [0.3, 0.4) is 0 Å². The highest BCUT2D eigenvalue weighted by Crippen LogP contribution is 2.23. The van der Waals surface area contributed by atoms with Crippen LogP contribution in [0.25, 0.3) is 0 Å². The molecule has 2 aromatic carbocycles. The number of anilines is 1. The Kier molecular flexibility index (Phi) is 5.92. The summed E-state index contributed by atoms with van der Waals surface area (Å²) in [5.74, 6) is 0. The third kappa shape index (κ3) is 4.53. The van der Waals surface area contributed by atoms with E-state index in [4.69, 9.17) is 0 Å². The van der Waals surface area contributed by atoms with Gasteiger partial charge in [0.25, 0.3) is 5.69 Å². The molecule has 0 heterocycles. The Labute approximate surface area is 148 Å². The number of nitro groups is 1. The molecule has 0 aliphatic rings. The molecule has 7 nitrogen and oxygen atoms in total. The lowest BCUT2D eigenvalue weighted by atomic mass is 10.2. The number of para-hydroxylation sites is 2. The highest BCUT2D eigenvalue weighted by molar-refractivity contribution is 9.10. The minimum atomic E-state index is -3.63. The van der Waals surface area contributed by atoms with E-state index in [9.17, 15) is 18.5 Å². The Morgan fingerprint density at radius 3 is 2.54 bits per heavy atom. The molecule has 0 spiro atoms. The molecule has 24 heavy (non-hydrogen) atoms. The van der Waals surface area contributed by atoms with Gasteiger partial charge < -0.3 is 5.32 Å². The van der Waals surface area contributed by atoms with Crippen molar-refractivity contribution < 1.29 is 13.3 Å². The highest BCUT2D eigenvalue weighted by Gasteiger charge is 2.15. The van der Waals surface area contributed by atoms with Crippen molar-refractivity contribution in [3.63, 3.8) is 0 Å². The number of halogens is 1. The van der Waals surface area contributed by atoms with Gasteiger partial charge in [-0.15, -0.1) is 0 Å². The molecule has 0 bridgehead atoms. The van der Waals surface area contributed by atoms with Gasteiger partial charge in [0.05, 0.1) is 9.82 Å². The summed E-state index contributed by atoms with van der Waals surface area (Å²) in [5.41, 5.74) is 1.11. The number of nitro benzene ring substituents is 1. The van der Waals surface area contributed by atoms with Gasteiger partial charge in [0.15, 0.2) is 0 Å². The second kappa shape index (κ2) is 7.73. The number of nitrogens with zero attached hydrogens (tertiary/aromatic N) is 1. The SMILES string of the molecule is Cc1cc(S(=O)(=O)NCCNc2ccccc2[N+](=O)[O-])ccc1Br. The van der Waals surface area contributed by atoms with Gasteiger partial charge in [-0.25, -0.2) is 13.1 Å². The van der Waals surface area contributed by atoms with Crippen LogP contribution in [0.5, 0.6) is 0 Å². The lowest BCUT2D eigenvalue weighted by Gasteiger charge is -2.10. The van der Waals surface area contributed by atoms with Crippen molar-refractivity contribution in [2.75, 3.05) is 18.4 Å². The topological polar surface area (TPSA) is 101 Å². The quantitative estimate of drug-likeness (QED) is 0.412. The van der Waals surface area contributed by atoms with E-state index in [0.717, 1.165) is 10.0 Å².